The van der Waals surface area contributed by atoms with Crippen molar-refractivity contribution in [3.8, 4) is 56.5 Å². The van der Waals surface area contributed by atoms with Crippen LogP contribution >= 0.6 is 22.7 Å². The van der Waals surface area contributed by atoms with Crippen LogP contribution in [0.15, 0.2) is 182 Å². The third-order valence-corrected chi connectivity index (χ3v) is 13.5. The molecule has 4 nitrogen and oxygen atoms in total. The summed E-state index contributed by atoms with van der Waals surface area (Å²) in [6.07, 6.45) is 0. The summed E-state index contributed by atoms with van der Waals surface area (Å²) >= 11 is 3.66. The molecule has 0 fully saturated rings. The topological polar surface area (TPSA) is 51.6 Å². The van der Waals surface area contributed by atoms with E-state index in [-0.39, 0.29) is 0 Å². The minimum atomic E-state index is 0.648. The molecule has 0 saturated heterocycles. The van der Waals surface area contributed by atoms with E-state index in [2.05, 4.69) is 164 Å². The van der Waals surface area contributed by atoms with Gasteiger partial charge in [-0.3, -0.25) is 0 Å². The lowest BCUT2D eigenvalue weighted by atomic mass is 9.97. The van der Waals surface area contributed by atoms with Crippen molar-refractivity contribution >= 4 is 84.7 Å². The molecule has 0 N–H and O–H groups in total. The summed E-state index contributed by atoms with van der Waals surface area (Å²) in [6, 6.07) is 64.3. The van der Waals surface area contributed by atoms with E-state index in [4.69, 9.17) is 19.9 Å². The van der Waals surface area contributed by atoms with E-state index in [0.29, 0.717) is 17.5 Å². The largest absolute Gasteiger partial charge is 0.247 e. The zero-order valence-corrected chi connectivity index (χ0v) is 32.6. The molecule has 0 unspecified atom stereocenters. The number of rotatable bonds is 5. The van der Waals surface area contributed by atoms with Gasteiger partial charge in [0, 0.05) is 78.8 Å². The van der Waals surface area contributed by atoms with E-state index >= 15 is 0 Å². The molecule has 58 heavy (non-hydrogen) atoms. The minimum absolute atomic E-state index is 0.648. The molecule has 0 amide bonds. The summed E-state index contributed by atoms with van der Waals surface area (Å²) in [5, 5.41) is 8.55. The van der Waals surface area contributed by atoms with Crippen molar-refractivity contribution in [3.63, 3.8) is 0 Å². The molecule has 0 spiro atoms. The molecule has 0 aliphatic carbocycles. The van der Waals surface area contributed by atoms with Gasteiger partial charge in [-0.1, -0.05) is 152 Å². The maximum absolute atomic E-state index is 5.17. The lowest BCUT2D eigenvalue weighted by Gasteiger charge is -2.11. The summed E-state index contributed by atoms with van der Waals surface area (Å²) in [4.78, 5) is 20.5. The van der Waals surface area contributed by atoms with E-state index in [1.165, 1.54) is 62.1 Å². The number of hydrogen-bond donors (Lipinski definition) is 0. The van der Waals surface area contributed by atoms with Crippen molar-refractivity contribution in [2.24, 2.45) is 0 Å². The van der Waals surface area contributed by atoms with Gasteiger partial charge in [0.05, 0.1) is 11.2 Å². The van der Waals surface area contributed by atoms with Gasteiger partial charge in [-0.05, 0) is 41.5 Å². The molecule has 0 aliphatic heterocycles. The molecular weight excluding hydrogens is 745 g/mol. The average molecular weight is 775 g/mol. The van der Waals surface area contributed by atoms with Crippen molar-refractivity contribution in [2.75, 3.05) is 0 Å². The summed E-state index contributed by atoms with van der Waals surface area (Å²) in [7, 11) is 0. The van der Waals surface area contributed by atoms with Crippen molar-refractivity contribution in [1.29, 1.82) is 0 Å². The lowest BCUT2D eigenvalue weighted by Crippen LogP contribution is -2.00. The summed E-state index contributed by atoms with van der Waals surface area (Å²) < 4.78 is 5.03. The molecule has 0 saturated carbocycles. The number of benzene rings is 8. The van der Waals surface area contributed by atoms with E-state index in [1.54, 1.807) is 11.3 Å². The lowest BCUT2D eigenvalue weighted by molar-refractivity contribution is 1.08. The van der Waals surface area contributed by atoms with Crippen LogP contribution < -0.4 is 0 Å². The Balaban J connectivity index is 0.973. The standard InChI is InChI=1S/C52H30N4S2/c1-3-12-32(13-4-1)48-39-28-27-36-41-30-35(26-29-44(41)58-49(36)47(39)37-16-7-9-19-42(37)53-48)31-22-24-34(25-23-31)51-54-50(33-14-5-2-6-15-33)55-52(56-51)40-18-11-21-45-46(40)38-17-8-10-20-43(38)57-45/h1-30H. The Morgan fingerprint density at radius 3 is 1.72 bits per heavy atom. The highest BCUT2D eigenvalue weighted by Gasteiger charge is 2.19. The van der Waals surface area contributed by atoms with E-state index in [0.717, 1.165) is 39.0 Å². The molecule has 8 aromatic carbocycles. The van der Waals surface area contributed by atoms with Gasteiger partial charge in [-0.25, -0.2) is 19.9 Å². The Morgan fingerprint density at radius 2 is 0.914 bits per heavy atom. The first-order chi connectivity index (χ1) is 28.7. The smallest absolute Gasteiger partial charge is 0.164 e. The number of pyridine rings is 1. The Bertz CT molecular complexity index is 3560. The third kappa shape index (κ3) is 5.34. The quantitative estimate of drug-likeness (QED) is 0.163. The normalized spacial score (nSPS) is 11.8. The molecule has 0 atom stereocenters. The second-order valence-electron chi connectivity index (χ2n) is 14.5. The maximum atomic E-state index is 5.17. The van der Waals surface area contributed by atoms with Crippen LogP contribution in [0.25, 0.3) is 119 Å². The number of fused-ring (bicyclic) bond motifs is 10. The average Bonchev–Trinajstić information content (AvgIpc) is 3.87. The van der Waals surface area contributed by atoms with Crippen LogP contribution in [-0.2, 0) is 0 Å². The van der Waals surface area contributed by atoms with Gasteiger partial charge in [-0.15, -0.1) is 22.7 Å². The highest BCUT2D eigenvalue weighted by molar-refractivity contribution is 7.27. The van der Waals surface area contributed by atoms with Gasteiger partial charge in [0.25, 0.3) is 0 Å². The first kappa shape index (κ1) is 33.1. The SMILES string of the molecule is c1ccc(-c2nc(-c3ccc(-c4ccc5sc6c(ccc7c(-c8ccccc8)nc8ccccc8c76)c5c4)cc3)nc(-c3cccc4sc5ccccc5c34)n2)cc1. The molecule has 0 radical (unpaired) electrons. The summed E-state index contributed by atoms with van der Waals surface area (Å²) in [5.41, 5.74) is 8.37. The molecule has 4 heterocycles. The fraction of sp³-hybridized carbons (Fsp3) is 0. The van der Waals surface area contributed by atoms with Crippen molar-refractivity contribution < 1.29 is 0 Å². The van der Waals surface area contributed by atoms with Gasteiger partial charge in [0.15, 0.2) is 17.5 Å². The number of nitrogens with zero attached hydrogens (tertiary/aromatic N) is 4. The van der Waals surface area contributed by atoms with Crippen molar-refractivity contribution in [3.05, 3.63) is 182 Å². The number of aromatic nitrogens is 4. The fourth-order valence-corrected chi connectivity index (χ4v) is 10.8. The maximum Gasteiger partial charge on any atom is 0.164 e. The Labute approximate surface area is 341 Å². The zero-order valence-electron chi connectivity index (χ0n) is 30.9. The predicted octanol–water partition coefficient (Wildman–Crippen LogP) is 14.6. The third-order valence-electron chi connectivity index (χ3n) is 11.1. The van der Waals surface area contributed by atoms with E-state index in [1.807, 2.05) is 29.5 Å². The summed E-state index contributed by atoms with van der Waals surface area (Å²) in [6.45, 7) is 0. The number of para-hydroxylation sites is 1. The number of thiophene rings is 2. The molecular formula is C52H30N4S2. The predicted molar refractivity (Wildman–Crippen MR) is 246 cm³/mol. The van der Waals surface area contributed by atoms with Crippen molar-refractivity contribution in [2.45, 2.75) is 0 Å². The van der Waals surface area contributed by atoms with Crippen LogP contribution in [0.2, 0.25) is 0 Å². The van der Waals surface area contributed by atoms with Crippen molar-refractivity contribution in [1.82, 2.24) is 19.9 Å². The van der Waals surface area contributed by atoms with E-state index < -0.39 is 0 Å². The van der Waals surface area contributed by atoms with E-state index in [9.17, 15) is 0 Å². The highest BCUT2D eigenvalue weighted by Crippen LogP contribution is 2.45. The van der Waals surface area contributed by atoms with Crippen LogP contribution in [0.5, 0.6) is 0 Å². The van der Waals surface area contributed by atoms with Crippen LogP contribution in [0.3, 0.4) is 0 Å². The first-order valence-electron chi connectivity index (χ1n) is 19.3. The molecule has 0 aliphatic rings. The van der Waals surface area contributed by atoms with Crippen LogP contribution in [-0.4, -0.2) is 19.9 Å². The van der Waals surface area contributed by atoms with Gasteiger partial charge >= 0.3 is 0 Å². The van der Waals surface area contributed by atoms with Crippen LogP contribution in [0.1, 0.15) is 0 Å². The molecule has 12 rings (SSSR count). The monoisotopic (exact) mass is 774 g/mol. The van der Waals surface area contributed by atoms with Crippen LogP contribution in [0, 0.1) is 0 Å². The van der Waals surface area contributed by atoms with Crippen LogP contribution in [0.4, 0.5) is 0 Å². The highest BCUT2D eigenvalue weighted by atomic mass is 32.1. The molecule has 0 bridgehead atoms. The molecule has 6 heteroatoms. The summed E-state index contributed by atoms with van der Waals surface area (Å²) in [5.74, 6) is 1.97. The van der Waals surface area contributed by atoms with Gasteiger partial charge in [-0.2, -0.15) is 0 Å². The second kappa shape index (κ2) is 13.2. The second-order valence-corrected chi connectivity index (χ2v) is 16.7. The zero-order chi connectivity index (χ0) is 38.2. The van der Waals surface area contributed by atoms with Gasteiger partial charge < -0.3 is 0 Å². The fourth-order valence-electron chi connectivity index (χ4n) is 8.38. The Hall–Kier alpha value is -7.12. The van der Waals surface area contributed by atoms with Gasteiger partial charge in [0.1, 0.15) is 0 Å². The first-order valence-corrected chi connectivity index (χ1v) is 20.9. The number of hydrogen-bond acceptors (Lipinski definition) is 6. The minimum Gasteiger partial charge on any atom is -0.247 e. The molecule has 270 valence electrons. The Morgan fingerprint density at radius 1 is 0.310 bits per heavy atom. The molecule has 4 aromatic heterocycles. The van der Waals surface area contributed by atoms with Gasteiger partial charge in [0.2, 0.25) is 0 Å². The molecule has 12 aromatic rings. The Kier molecular flexibility index (Phi) is 7.55.